The maximum atomic E-state index is 14.1. The molecule has 0 bridgehead atoms. The summed E-state index contributed by atoms with van der Waals surface area (Å²) in [7, 11) is -3.99. The second-order valence-corrected chi connectivity index (χ2v) is 7.62. The molecule has 21 heavy (non-hydrogen) atoms. The number of carbonyl (C=O) groups excluding carboxylic acids is 1. The third-order valence-corrected chi connectivity index (χ3v) is 5.63. The van der Waals surface area contributed by atoms with Gasteiger partial charge in [-0.2, -0.15) is 4.31 Å². The maximum Gasteiger partial charge on any atom is 0.246 e. The van der Waals surface area contributed by atoms with E-state index in [0.29, 0.717) is 6.42 Å². The Balaban J connectivity index is 2.30. The van der Waals surface area contributed by atoms with Gasteiger partial charge in [0, 0.05) is 31.7 Å². The Morgan fingerprint density at radius 1 is 1.52 bits per heavy atom. The minimum atomic E-state index is -3.99. The zero-order valence-corrected chi connectivity index (χ0v) is 13.7. The van der Waals surface area contributed by atoms with E-state index in [2.05, 4.69) is 21.2 Å². The molecule has 6 nitrogen and oxygen atoms in total. The molecule has 1 fully saturated rings. The summed E-state index contributed by atoms with van der Waals surface area (Å²) >= 11 is 2.95. The van der Waals surface area contributed by atoms with Crippen LogP contribution in [0.25, 0.3) is 0 Å². The van der Waals surface area contributed by atoms with Crippen LogP contribution in [0.2, 0.25) is 0 Å². The molecule has 1 atom stereocenters. The van der Waals surface area contributed by atoms with Gasteiger partial charge in [0.05, 0.1) is 4.47 Å². The molecule has 3 N–H and O–H groups in total. The Labute approximate surface area is 130 Å². The molecule has 116 valence electrons. The van der Waals surface area contributed by atoms with Crippen molar-refractivity contribution in [1.29, 1.82) is 0 Å². The molecule has 0 spiro atoms. The van der Waals surface area contributed by atoms with Gasteiger partial charge in [0.1, 0.15) is 4.90 Å². The zero-order valence-electron chi connectivity index (χ0n) is 11.3. The largest absolute Gasteiger partial charge is 0.399 e. The molecular weight excluding hydrogens is 365 g/mol. The number of hydrogen-bond donors (Lipinski definition) is 2. The monoisotopic (exact) mass is 379 g/mol. The van der Waals surface area contributed by atoms with Crippen molar-refractivity contribution in [3.63, 3.8) is 0 Å². The summed E-state index contributed by atoms with van der Waals surface area (Å²) in [4.78, 5) is 10.5. The number of nitrogens with two attached hydrogens (primary N) is 1. The van der Waals surface area contributed by atoms with E-state index in [1.54, 1.807) is 0 Å². The lowest BCUT2D eigenvalue weighted by Gasteiger charge is -2.18. The Kier molecular flexibility index (Phi) is 4.54. The topological polar surface area (TPSA) is 92.5 Å². The highest BCUT2D eigenvalue weighted by Gasteiger charge is 2.35. The minimum absolute atomic E-state index is 0.00122. The van der Waals surface area contributed by atoms with Gasteiger partial charge in [0.15, 0.2) is 5.82 Å². The van der Waals surface area contributed by atoms with Crippen LogP contribution in [0.5, 0.6) is 0 Å². The lowest BCUT2D eigenvalue weighted by molar-refractivity contribution is -0.119. The number of sulfonamides is 1. The van der Waals surface area contributed by atoms with E-state index in [9.17, 15) is 17.6 Å². The SMILES string of the molecule is CC(=O)NC1CCN(S(=O)(=O)c2cc(N)cc(Br)c2F)C1. The third-order valence-electron chi connectivity index (χ3n) is 3.19. The molecule has 0 aromatic heterocycles. The first-order chi connectivity index (χ1) is 9.71. The van der Waals surface area contributed by atoms with Gasteiger partial charge < -0.3 is 11.1 Å². The smallest absolute Gasteiger partial charge is 0.246 e. The summed E-state index contributed by atoms with van der Waals surface area (Å²) in [5, 5.41) is 2.66. The summed E-state index contributed by atoms with van der Waals surface area (Å²) in [5.74, 6) is -1.09. The molecule has 0 radical (unpaired) electrons. The van der Waals surface area contributed by atoms with Crippen LogP contribution in [0.3, 0.4) is 0 Å². The fourth-order valence-corrected chi connectivity index (χ4v) is 4.49. The molecule has 1 heterocycles. The van der Waals surface area contributed by atoms with Gasteiger partial charge in [0.2, 0.25) is 15.9 Å². The van der Waals surface area contributed by atoms with Crippen LogP contribution in [0, 0.1) is 5.82 Å². The lowest BCUT2D eigenvalue weighted by Crippen LogP contribution is -2.37. The molecule has 2 rings (SSSR count). The predicted molar refractivity (Wildman–Crippen MR) is 79.5 cm³/mol. The summed E-state index contributed by atoms with van der Waals surface area (Å²) < 4.78 is 40.2. The van der Waals surface area contributed by atoms with E-state index in [4.69, 9.17) is 5.73 Å². The van der Waals surface area contributed by atoms with Crippen molar-refractivity contribution < 1.29 is 17.6 Å². The van der Waals surface area contributed by atoms with Crippen LogP contribution >= 0.6 is 15.9 Å². The highest BCUT2D eigenvalue weighted by molar-refractivity contribution is 9.10. The fourth-order valence-electron chi connectivity index (χ4n) is 2.26. The van der Waals surface area contributed by atoms with E-state index in [-0.39, 0.29) is 35.2 Å². The highest BCUT2D eigenvalue weighted by atomic mass is 79.9. The average molecular weight is 380 g/mol. The normalized spacial score (nSPS) is 19.7. The zero-order chi connectivity index (χ0) is 15.8. The second-order valence-electron chi connectivity index (χ2n) is 4.86. The Hall–Kier alpha value is -1.19. The number of carbonyl (C=O) groups is 1. The Bertz CT molecular complexity index is 681. The number of nitrogens with zero attached hydrogens (tertiary/aromatic N) is 1. The Morgan fingerprint density at radius 2 is 2.19 bits per heavy atom. The van der Waals surface area contributed by atoms with Gasteiger partial charge in [0.25, 0.3) is 0 Å². The lowest BCUT2D eigenvalue weighted by atomic mass is 10.3. The molecule has 9 heteroatoms. The van der Waals surface area contributed by atoms with Gasteiger partial charge in [-0.3, -0.25) is 4.79 Å². The molecule has 1 amide bonds. The number of halogens is 2. The standard InChI is InChI=1S/C12H15BrFN3O3S/c1-7(18)16-9-2-3-17(6-9)21(19,20)11-5-8(15)4-10(13)12(11)14/h4-5,9H,2-3,6,15H2,1H3,(H,16,18). The van der Waals surface area contributed by atoms with Crippen molar-refractivity contribution in [2.24, 2.45) is 0 Å². The molecule has 1 aliphatic rings. The second kappa shape index (κ2) is 5.90. The molecule has 1 aliphatic heterocycles. The number of anilines is 1. The molecule has 1 unspecified atom stereocenters. The third kappa shape index (κ3) is 3.35. The predicted octanol–water partition coefficient (Wildman–Crippen LogP) is 1.07. The fraction of sp³-hybridized carbons (Fsp3) is 0.417. The van der Waals surface area contributed by atoms with Gasteiger partial charge >= 0.3 is 0 Å². The van der Waals surface area contributed by atoms with Crippen molar-refractivity contribution >= 4 is 37.5 Å². The molecular formula is C12H15BrFN3O3S. The van der Waals surface area contributed by atoms with Crippen LogP contribution in [0.15, 0.2) is 21.5 Å². The summed E-state index contributed by atoms with van der Waals surface area (Å²) in [5.41, 5.74) is 5.73. The van der Waals surface area contributed by atoms with Crippen molar-refractivity contribution in [3.8, 4) is 0 Å². The molecule has 0 aliphatic carbocycles. The number of rotatable bonds is 3. The van der Waals surface area contributed by atoms with Gasteiger partial charge in [-0.1, -0.05) is 0 Å². The van der Waals surface area contributed by atoms with Gasteiger partial charge in [-0.15, -0.1) is 0 Å². The summed E-state index contributed by atoms with van der Waals surface area (Å²) in [6.07, 6.45) is 0.490. The van der Waals surface area contributed by atoms with Gasteiger partial charge in [-0.25, -0.2) is 12.8 Å². The van der Waals surface area contributed by atoms with E-state index in [0.717, 1.165) is 10.4 Å². The first-order valence-corrected chi connectivity index (χ1v) is 8.47. The first kappa shape index (κ1) is 16.2. The quantitative estimate of drug-likeness (QED) is 0.768. The maximum absolute atomic E-state index is 14.1. The number of hydrogen-bond acceptors (Lipinski definition) is 4. The van der Waals surface area contributed by atoms with Crippen molar-refractivity contribution in [2.45, 2.75) is 24.3 Å². The minimum Gasteiger partial charge on any atom is -0.399 e. The van der Waals surface area contributed by atoms with E-state index in [1.165, 1.54) is 13.0 Å². The Morgan fingerprint density at radius 3 is 2.81 bits per heavy atom. The molecule has 1 aromatic rings. The van der Waals surface area contributed by atoms with Crippen LogP contribution in [-0.4, -0.2) is 37.8 Å². The summed E-state index contributed by atoms with van der Waals surface area (Å²) in [6.45, 7) is 1.71. The van der Waals surface area contributed by atoms with Crippen molar-refractivity contribution in [1.82, 2.24) is 9.62 Å². The molecule has 1 aromatic carbocycles. The van der Waals surface area contributed by atoms with E-state index in [1.807, 2.05) is 0 Å². The van der Waals surface area contributed by atoms with Crippen LogP contribution in [-0.2, 0) is 14.8 Å². The first-order valence-electron chi connectivity index (χ1n) is 6.23. The van der Waals surface area contributed by atoms with Crippen LogP contribution in [0.1, 0.15) is 13.3 Å². The van der Waals surface area contributed by atoms with Crippen molar-refractivity contribution in [3.05, 3.63) is 22.4 Å². The number of nitrogens with one attached hydrogen (secondary N) is 1. The molecule has 1 saturated heterocycles. The van der Waals surface area contributed by atoms with Crippen molar-refractivity contribution in [2.75, 3.05) is 18.8 Å². The number of nitrogen functional groups attached to an aromatic ring is 1. The van der Waals surface area contributed by atoms with Crippen LogP contribution < -0.4 is 11.1 Å². The van der Waals surface area contributed by atoms with Gasteiger partial charge in [-0.05, 0) is 34.5 Å². The van der Waals surface area contributed by atoms with E-state index >= 15 is 0 Å². The number of amides is 1. The highest BCUT2D eigenvalue weighted by Crippen LogP contribution is 2.29. The summed E-state index contributed by atoms with van der Waals surface area (Å²) in [6, 6.07) is 2.14. The van der Waals surface area contributed by atoms with E-state index < -0.39 is 20.7 Å². The van der Waals surface area contributed by atoms with Crippen LogP contribution in [0.4, 0.5) is 10.1 Å². The number of benzene rings is 1. The molecule has 0 saturated carbocycles. The average Bonchev–Trinajstić information content (AvgIpc) is 2.81.